The molecule has 0 saturated carbocycles. The van der Waals surface area contributed by atoms with Crippen molar-refractivity contribution in [3.05, 3.63) is 48.0 Å². The molecule has 2 aromatic rings. The Morgan fingerprint density at radius 2 is 1.92 bits per heavy atom. The first-order chi connectivity index (χ1) is 12.8. The molecule has 0 aliphatic carbocycles. The van der Waals surface area contributed by atoms with E-state index in [-0.39, 0.29) is 12.5 Å². The topological polar surface area (TPSA) is 48.0 Å². The molecule has 2 aliphatic heterocycles. The quantitative estimate of drug-likeness (QED) is 0.848. The van der Waals surface area contributed by atoms with Gasteiger partial charge in [-0.15, -0.1) is 0 Å². The molecule has 0 aromatic heterocycles. The number of nitrogens with zero attached hydrogens (tertiary/aromatic N) is 1. The number of morpholine rings is 1. The molecule has 0 spiro atoms. The van der Waals surface area contributed by atoms with Crippen molar-refractivity contribution in [2.45, 2.75) is 6.42 Å². The molecule has 1 saturated heterocycles. The fourth-order valence-corrected chi connectivity index (χ4v) is 3.45. The Bertz CT molecular complexity index is 824. The van der Waals surface area contributed by atoms with Gasteiger partial charge in [-0.2, -0.15) is 0 Å². The zero-order valence-electron chi connectivity index (χ0n) is 14.8. The SMILES string of the molecule is O=C(COc1cc(C2=CCOCC2)c2ccccc2c1)N1CCOCC1. The van der Waals surface area contributed by atoms with Crippen LogP contribution in [0.25, 0.3) is 16.3 Å². The van der Waals surface area contributed by atoms with Gasteiger partial charge < -0.3 is 19.1 Å². The molecular formula is C21H23NO4. The summed E-state index contributed by atoms with van der Waals surface area (Å²) in [4.78, 5) is 14.1. The highest BCUT2D eigenvalue weighted by atomic mass is 16.5. The maximum absolute atomic E-state index is 12.3. The standard InChI is InChI=1S/C21H23NO4/c23-21(22-7-11-25-12-8-22)15-26-18-13-17-3-1-2-4-19(17)20(14-18)16-5-9-24-10-6-16/h1-5,13-14H,6-12,15H2. The summed E-state index contributed by atoms with van der Waals surface area (Å²) in [6.45, 7) is 3.91. The lowest BCUT2D eigenvalue weighted by atomic mass is 9.95. The minimum atomic E-state index is 0.00768. The van der Waals surface area contributed by atoms with Gasteiger partial charge in [0, 0.05) is 13.1 Å². The second kappa shape index (κ2) is 7.89. The van der Waals surface area contributed by atoms with Crippen LogP contribution in [0.3, 0.4) is 0 Å². The number of fused-ring (bicyclic) bond motifs is 1. The molecule has 1 fully saturated rings. The Hall–Kier alpha value is -2.37. The first kappa shape index (κ1) is 17.1. The Kier molecular flexibility index (Phi) is 5.18. The van der Waals surface area contributed by atoms with Crippen LogP contribution in [0.2, 0.25) is 0 Å². The molecule has 1 amide bonds. The lowest BCUT2D eigenvalue weighted by Gasteiger charge is -2.26. The number of amides is 1. The normalized spacial score (nSPS) is 17.8. The van der Waals surface area contributed by atoms with E-state index in [4.69, 9.17) is 14.2 Å². The van der Waals surface area contributed by atoms with Crippen LogP contribution in [-0.2, 0) is 14.3 Å². The van der Waals surface area contributed by atoms with E-state index in [9.17, 15) is 4.79 Å². The Morgan fingerprint density at radius 1 is 1.08 bits per heavy atom. The van der Waals surface area contributed by atoms with Crippen molar-refractivity contribution in [1.82, 2.24) is 4.90 Å². The van der Waals surface area contributed by atoms with Crippen molar-refractivity contribution >= 4 is 22.3 Å². The number of hydrogen-bond donors (Lipinski definition) is 0. The van der Waals surface area contributed by atoms with E-state index >= 15 is 0 Å². The minimum Gasteiger partial charge on any atom is -0.484 e. The van der Waals surface area contributed by atoms with E-state index in [0.717, 1.165) is 24.2 Å². The number of carbonyl (C=O) groups is 1. The van der Waals surface area contributed by atoms with Gasteiger partial charge in [0.1, 0.15) is 5.75 Å². The number of rotatable bonds is 4. The van der Waals surface area contributed by atoms with Crippen molar-refractivity contribution in [2.24, 2.45) is 0 Å². The van der Waals surface area contributed by atoms with Crippen LogP contribution in [0.5, 0.6) is 5.75 Å². The van der Waals surface area contributed by atoms with E-state index in [1.165, 1.54) is 16.5 Å². The van der Waals surface area contributed by atoms with Gasteiger partial charge in [-0.25, -0.2) is 0 Å². The predicted molar refractivity (Wildman–Crippen MR) is 100 cm³/mol. The highest BCUT2D eigenvalue weighted by Crippen LogP contribution is 2.32. The molecule has 2 aliphatic rings. The zero-order chi connectivity index (χ0) is 17.8. The molecule has 0 unspecified atom stereocenters. The highest BCUT2D eigenvalue weighted by Gasteiger charge is 2.18. The molecule has 0 radical (unpaired) electrons. The average molecular weight is 353 g/mol. The fraction of sp³-hybridized carbons (Fsp3) is 0.381. The Balaban J connectivity index is 1.57. The third-order valence-corrected chi connectivity index (χ3v) is 4.87. The highest BCUT2D eigenvalue weighted by molar-refractivity contribution is 5.95. The zero-order valence-corrected chi connectivity index (χ0v) is 14.8. The number of hydrogen-bond acceptors (Lipinski definition) is 4. The van der Waals surface area contributed by atoms with Gasteiger partial charge in [0.05, 0.1) is 26.4 Å². The van der Waals surface area contributed by atoms with E-state index in [2.05, 4.69) is 18.2 Å². The number of benzene rings is 2. The third kappa shape index (κ3) is 3.74. The summed E-state index contributed by atoms with van der Waals surface area (Å²) in [5, 5.41) is 2.32. The summed E-state index contributed by atoms with van der Waals surface area (Å²) in [5.74, 6) is 0.737. The van der Waals surface area contributed by atoms with Crippen LogP contribution in [-0.4, -0.2) is 56.9 Å². The first-order valence-electron chi connectivity index (χ1n) is 9.09. The molecular weight excluding hydrogens is 330 g/mol. The van der Waals surface area contributed by atoms with Crippen LogP contribution in [0, 0.1) is 0 Å². The molecule has 5 heteroatoms. The third-order valence-electron chi connectivity index (χ3n) is 4.87. The summed E-state index contributed by atoms with van der Waals surface area (Å²) >= 11 is 0. The minimum absolute atomic E-state index is 0.00768. The smallest absolute Gasteiger partial charge is 0.260 e. The Labute approximate surface area is 153 Å². The largest absolute Gasteiger partial charge is 0.484 e. The molecule has 4 rings (SSSR count). The summed E-state index contributed by atoms with van der Waals surface area (Å²) in [6, 6.07) is 12.3. The maximum atomic E-state index is 12.3. The molecule has 26 heavy (non-hydrogen) atoms. The summed E-state index contributed by atoms with van der Waals surface area (Å²) in [5.41, 5.74) is 2.44. The van der Waals surface area contributed by atoms with Crippen LogP contribution in [0.15, 0.2) is 42.5 Å². The van der Waals surface area contributed by atoms with Gasteiger partial charge in [-0.05, 0) is 40.5 Å². The van der Waals surface area contributed by atoms with Crippen molar-refractivity contribution in [2.75, 3.05) is 46.1 Å². The van der Waals surface area contributed by atoms with E-state index in [1.807, 2.05) is 24.3 Å². The van der Waals surface area contributed by atoms with Gasteiger partial charge in [0.25, 0.3) is 5.91 Å². The van der Waals surface area contributed by atoms with Crippen LogP contribution in [0.1, 0.15) is 12.0 Å². The summed E-state index contributed by atoms with van der Waals surface area (Å²) < 4.78 is 16.6. The first-order valence-corrected chi connectivity index (χ1v) is 9.09. The van der Waals surface area contributed by atoms with Crippen LogP contribution < -0.4 is 4.74 Å². The van der Waals surface area contributed by atoms with E-state index < -0.39 is 0 Å². The van der Waals surface area contributed by atoms with Crippen molar-refractivity contribution in [3.63, 3.8) is 0 Å². The molecule has 0 bridgehead atoms. The van der Waals surface area contributed by atoms with E-state index in [1.54, 1.807) is 4.90 Å². The fourth-order valence-electron chi connectivity index (χ4n) is 3.45. The average Bonchev–Trinajstić information content (AvgIpc) is 2.72. The lowest BCUT2D eigenvalue weighted by Crippen LogP contribution is -2.42. The van der Waals surface area contributed by atoms with Crippen LogP contribution >= 0.6 is 0 Å². The van der Waals surface area contributed by atoms with Gasteiger partial charge >= 0.3 is 0 Å². The number of ether oxygens (including phenoxy) is 3. The molecule has 5 nitrogen and oxygen atoms in total. The molecule has 2 heterocycles. The van der Waals surface area contributed by atoms with Gasteiger partial charge in [-0.1, -0.05) is 30.3 Å². The van der Waals surface area contributed by atoms with Crippen molar-refractivity contribution < 1.29 is 19.0 Å². The van der Waals surface area contributed by atoms with Gasteiger partial charge in [0.2, 0.25) is 0 Å². The van der Waals surface area contributed by atoms with Gasteiger partial charge in [-0.3, -0.25) is 4.79 Å². The van der Waals surface area contributed by atoms with Gasteiger partial charge in [0.15, 0.2) is 6.61 Å². The van der Waals surface area contributed by atoms with Crippen molar-refractivity contribution in [3.8, 4) is 5.75 Å². The summed E-state index contributed by atoms with van der Waals surface area (Å²) in [6.07, 6.45) is 3.02. The monoisotopic (exact) mass is 353 g/mol. The molecule has 0 atom stereocenters. The molecule has 0 N–H and O–H groups in total. The molecule has 136 valence electrons. The van der Waals surface area contributed by atoms with E-state index in [0.29, 0.717) is 32.9 Å². The van der Waals surface area contributed by atoms with Crippen molar-refractivity contribution in [1.29, 1.82) is 0 Å². The second-order valence-corrected chi connectivity index (χ2v) is 6.53. The number of carbonyl (C=O) groups excluding carboxylic acids is 1. The maximum Gasteiger partial charge on any atom is 0.260 e. The predicted octanol–water partition coefficient (Wildman–Crippen LogP) is 2.88. The Morgan fingerprint density at radius 3 is 2.73 bits per heavy atom. The summed E-state index contributed by atoms with van der Waals surface area (Å²) in [7, 11) is 0. The lowest BCUT2D eigenvalue weighted by molar-refractivity contribution is -0.137. The molecule has 2 aromatic carbocycles. The second-order valence-electron chi connectivity index (χ2n) is 6.53. The van der Waals surface area contributed by atoms with Crippen LogP contribution in [0.4, 0.5) is 0 Å².